The van der Waals surface area contributed by atoms with Crippen molar-refractivity contribution in [3.8, 4) is 0 Å². The van der Waals surface area contributed by atoms with Gasteiger partial charge in [-0.3, -0.25) is 0 Å². The highest BCUT2D eigenvalue weighted by molar-refractivity contribution is 8.03. The Morgan fingerprint density at radius 2 is 1.21 bits per heavy atom. The van der Waals surface area contributed by atoms with E-state index in [2.05, 4.69) is 65.1 Å². The third-order valence-electron chi connectivity index (χ3n) is 4.47. The van der Waals surface area contributed by atoms with Crippen LogP contribution < -0.4 is 5.73 Å². The van der Waals surface area contributed by atoms with E-state index in [0.717, 1.165) is 5.75 Å². The first kappa shape index (κ1) is 52.3. The number of halogens is 2. The number of carbonyl (C=O) groups excluding carboxylic acids is 1. The average molecular weight is 612 g/mol. The maximum absolute atomic E-state index is 13.8. The van der Waals surface area contributed by atoms with Crippen LogP contribution in [-0.4, -0.2) is 11.5 Å². The van der Waals surface area contributed by atoms with Crippen molar-refractivity contribution >= 4 is 17.5 Å². The summed E-state index contributed by atoms with van der Waals surface area (Å²) in [6, 6.07) is 8.48. The SMILES string of the molecule is C.C=C(F)/C(C(=C)/C(SCC)=C(/C)N)=C(F)\C=C/C.CC.CC.CC(C)=O.CCCCCCC.Cc1ccc(C)cc1. The van der Waals surface area contributed by atoms with Gasteiger partial charge in [0.25, 0.3) is 0 Å². The molecule has 0 aliphatic carbocycles. The molecule has 0 heterocycles. The van der Waals surface area contributed by atoms with Crippen molar-refractivity contribution in [2.24, 2.45) is 5.73 Å². The number of allylic oxidation sites excluding steroid dienone is 7. The van der Waals surface area contributed by atoms with Crippen molar-refractivity contribution in [2.45, 2.75) is 130 Å². The molecular formula is C37H67F2NOS. The number of Topliss-reactive ketones (excluding diaryl/α,β-unsaturated/α-hetero) is 1. The van der Waals surface area contributed by atoms with Crippen molar-refractivity contribution in [3.63, 3.8) is 0 Å². The summed E-state index contributed by atoms with van der Waals surface area (Å²) in [4.78, 5) is 10.0. The van der Waals surface area contributed by atoms with Gasteiger partial charge in [0.1, 0.15) is 17.4 Å². The van der Waals surface area contributed by atoms with Gasteiger partial charge in [0.2, 0.25) is 0 Å². The third kappa shape index (κ3) is 35.6. The second-order valence-corrected chi connectivity index (χ2v) is 9.95. The number of rotatable bonds is 10. The van der Waals surface area contributed by atoms with Gasteiger partial charge in [-0.1, -0.05) is 143 Å². The summed E-state index contributed by atoms with van der Waals surface area (Å²) in [5.41, 5.74) is 8.86. The maximum atomic E-state index is 13.8. The zero-order chi connectivity index (χ0) is 33.4. The molecule has 1 aromatic rings. The summed E-state index contributed by atoms with van der Waals surface area (Å²) < 4.78 is 27.2. The number of ketones is 1. The quantitative estimate of drug-likeness (QED) is 0.211. The molecule has 42 heavy (non-hydrogen) atoms. The highest BCUT2D eigenvalue weighted by atomic mass is 32.2. The Balaban J connectivity index is -0.000000112. The number of hydrogen-bond acceptors (Lipinski definition) is 3. The lowest BCUT2D eigenvalue weighted by atomic mass is 10.0. The highest BCUT2D eigenvalue weighted by Gasteiger charge is 2.17. The van der Waals surface area contributed by atoms with Crippen molar-refractivity contribution in [2.75, 3.05) is 5.75 Å². The van der Waals surface area contributed by atoms with Crippen LogP contribution in [0.15, 0.2) is 83.0 Å². The molecule has 0 radical (unpaired) electrons. The summed E-state index contributed by atoms with van der Waals surface area (Å²) in [6.45, 7) is 31.9. The molecule has 0 atom stereocenters. The zero-order valence-corrected chi connectivity index (χ0v) is 29.6. The van der Waals surface area contributed by atoms with Crippen LogP contribution in [0.25, 0.3) is 0 Å². The van der Waals surface area contributed by atoms with Crippen LogP contribution in [-0.2, 0) is 4.79 Å². The van der Waals surface area contributed by atoms with E-state index in [0.29, 0.717) is 10.6 Å². The van der Waals surface area contributed by atoms with Gasteiger partial charge >= 0.3 is 0 Å². The molecule has 0 amide bonds. The smallest absolute Gasteiger partial charge is 0.133 e. The number of thioether (sulfide) groups is 1. The molecule has 1 rings (SSSR count). The van der Waals surface area contributed by atoms with Crippen LogP contribution in [0.1, 0.15) is 127 Å². The molecule has 0 saturated carbocycles. The van der Waals surface area contributed by atoms with E-state index in [1.54, 1.807) is 13.8 Å². The number of aryl methyl sites for hydroxylation is 2. The van der Waals surface area contributed by atoms with E-state index in [1.165, 1.54) is 81.0 Å². The second kappa shape index (κ2) is 38.6. The topological polar surface area (TPSA) is 43.1 Å². The molecule has 0 aliphatic rings. The van der Waals surface area contributed by atoms with Gasteiger partial charge in [0.15, 0.2) is 0 Å². The summed E-state index contributed by atoms with van der Waals surface area (Å²) in [6.07, 6.45) is 9.66. The van der Waals surface area contributed by atoms with Gasteiger partial charge in [0.05, 0.1) is 5.57 Å². The van der Waals surface area contributed by atoms with E-state index in [4.69, 9.17) is 5.73 Å². The Morgan fingerprint density at radius 1 is 0.857 bits per heavy atom. The van der Waals surface area contributed by atoms with Crippen LogP contribution in [0.5, 0.6) is 0 Å². The highest BCUT2D eigenvalue weighted by Crippen LogP contribution is 2.35. The van der Waals surface area contributed by atoms with E-state index in [9.17, 15) is 13.6 Å². The fourth-order valence-corrected chi connectivity index (χ4v) is 3.47. The molecule has 246 valence electrons. The number of nitrogens with two attached hydrogens (primary N) is 1. The Hall–Kier alpha value is -2.40. The first-order valence-electron chi connectivity index (χ1n) is 15.0. The largest absolute Gasteiger partial charge is 0.401 e. The van der Waals surface area contributed by atoms with E-state index in [-0.39, 0.29) is 24.4 Å². The van der Waals surface area contributed by atoms with Crippen LogP contribution >= 0.6 is 11.8 Å². The van der Waals surface area contributed by atoms with Gasteiger partial charge in [0, 0.05) is 10.6 Å². The van der Waals surface area contributed by atoms with Gasteiger partial charge in [-0.2, -0.15) is 0 Å². The molecule has 1 aromatic carbocycles. The first-order chi connectivity index (χ1) is 19.3. The molecular weight excluding hydrogens is 544 g/mol. The average Bonchev–Trinajstić information content (AvgIpc) is 2.92. The Morgan fingerprint density at radius 3 is 1.45 bits per heavy atom. The normalized spacial score (nSPS) is 10.4. The lowest BCUT2D eigenvalue weighted by Gasteiger charge is -2.14. The first-order valence-corrected chi connectivity index (χ1v) is 15.9. The number of benzene rings is 1. The van der Waals surface area contributed by atoms with E-state index < -0.39 is 11.7 Å². The number of carbonyl (C=O) groups is 1. The van der Waals surface area contributed by atoms with Gasteiger partial charge < -0.3 is 10.5 Å². The summed E-state index contributed by atoms with van der Waals surface area (Å²) in [7, 11) is 0. The van der Waals surface area contributed by atoms with E-state index >= 15 is 0 Å². The summed E-state index contributed by atoms with van der Waals surface area (Å²) in [5, 5.41) is 0. The molecule has 0 aliphatic heterocycles. The molecule has 0 aromatic heterocycles. The minimum Gasteiger partial charge on any atom is -0.401 e. The lowest BCUT2D eigenvalue weighted by molar-refractivity contribution is -0.115. The molecule has 0 fully saturated rings. The Bertz CT molecular complexity index is 849. The molecule has 5 heteroatoms. The lowest BCUT2D eigenvalue weighted by Crippen LogP contribution is -2.02. The monoisotopic (exact) mass is 611 g/mol. The van der Waals surface area contributed by atoms with Crippen LogP contribution in [0, 0.1) is 13.8 Å². The Labute approximate surface area is 265 Å². The van der Waals surface area contributed by atoms with Crippen molar-refractivity contribution < 1.29 is 13.6 Å². The molecule has 0 spiro atoms. The summed E-state index contributed by atoms with van der Waals surface area (Å²) in [5.74, 6) is -0.656. The van der Waals surface area contributed by atoms with Crippen molar-refractivity contribution in [1.29, 1.82) is 0 Å². The fraction of sp³-hybridized carbons (Fsp3) is 0.541. The molecule has 2 nitrogen and oxygen atoms in total. The molecule has 0 bridgehead atoms. The van der Waals surface area contributed by atoms with Crippen LogP contribution in [0.2, 0.25) is 0 Å². The predicted molar refractivity (Wildman–Crippen MR) is 193 cm³/mol. The Kier molecular flexibility index (Phi) is 48.0. The van der Waals surface area contributed by atoms with Crippen molar-refractivity contribution in [3.05, 3.63) is 94.1 Å². The molecule has 2 N–H and O–H groups in total. The minimum absolute atomic E-state index is 0. The second-order valence-electron chi connectivity index (χ2n) is 8.68. The van der Waals surface area contributed by atoms with Gasteiger partial charge in [-0.25, -0.2) is 8.78 Å². The predicted octanol–water partition coefficient (Wildman–Crippen LogP) is 13.3. The fourth-order valence-electron chi connectivity index (χ4n) is 2.68. The van der Waals surface area contributed by atoms with Crippen LogP contribution in [0.3, 0.4) is 0 Å². The van der Waals surface area contributed by atoms with E-state index in [1.807, 2.05) is 34.6 Å². The van der Waals surface area contributed by atoms with Gasteiger partial charge in [-0.05, 0) is 58.9 Å². The standard InChI is InChI=1S/C14H19F2NS.C8H10.C7H16.C3H6O.2C2H6.CH4/c1-6-8-12(16)13(10(4)15)9(3)14(11(5)17)18-7-2;1-7-3-5-8(2)6-4-7;1-3-5-7-6-4-2;1-3(2)4;2*1-2;/h6,8H,3-4,7,17H2,1-2,5H3;3-6H,1-2H3;3-7H2,1-2H3;1-2H3;2*1-2H3;1H4/b8-6-,13-12+,14-11+;;;;;;. The van der Waals surface area contributed by atoms with Crippen LogP contribution in [0.4, 0.5) is 8.78 Å². The summed E-state index contributed by atoms with van der Waals surface area (Å²) >= 11 is 1.40. The van der Waals surface area contributed by atoms with Gasteiger partial charge in [-0.15, -0.1) is 11.8 Å². The number of hydrogen-bond donors (Lipinski definition) is 1. The third-order valence-corrected chi connectivity index (χ3v) is 5.62. The van der Waals surface area contributed by atoms with Crippen molar-refractivity contribution in [1.82, 2.24) is 0 Å². The molecule has 0 saturated heterocycles. The number of unbranched alkanes of at least 4 members (excludes halogenated alkanes) is 4. The zero-order valence-electron chi connectivity index (χ0n) is 28.8. The molecule has 0 unspecified atom stereocenters. The maximum Gasteiger partial charge on any atom is 0.133 e. The minimum atomic E-state index is -0.856.